The second-order valence-electron chi connectivity index (χ2n) is 5.17. The number of nitrogens with zero attached hydrogens (tertiary/aromatic N) is 1. The van der Waals surface area contributed by atoms with E-state index in [0.717, 1.165) is 22.4 Å². The smallest absolute Gasteiger partial charge is 0.421 e. The predicted octanol–water partition coefficient (Wildman–Crippen LogP) is 2.58. The van der Waals surface area contributed by atoms with Gasteiger partial charge in [-0.15, -0.1) is 0 Å². The number of pyridine rings is 1. The summed E-state index contributed by atoms with van der Waals surface area (Å²) < 4.78 is 44.3. The molecular formula is C17H17F3N2O3. The number of carbonyl (C=O) groups is 1. The first-order valence-corrected chi connectivity index (χ1v) is 7.57. The van der Waals surface area contributed by atoms with Crippen LogP contribution in [0.15, 0.2) is 47.4 Å². The number of aromatic nitrogens is 1. The van der Waals surface area contributed by atoms with Gasteiger partial charge in [0, 0.05) is 18.3 Å². The minimum absolute atomic E-state index is 0.142. The first kappa shape index (κ1) is 18.6. The zero-order valence-electron chi connectivity index (χ0n) is 13.5. The average Bonchev–Trinajstić information content (AvgIpc) is 2.55. The molecule has 0 aliphatic rings. The number of hydrogen-bond acceptors (Lipinski definition) is 3. The lowest BCUT2D eigenvalue weighted by atomic mass is 10.2. The Morgan fingerprint density at radius 2 is 1.92 bits per heavy atom. The monoisotopic (exact) mass is 354 g/mol. The summed E-state index contributed by atoms with van der Waals surface area (Å²) in [6, 6.07) is 8.86. The van der Waals surface area contributed by atoms with Crippen molar-refractivity contribution in [2.45, 2.75) is 26.2 Å². The summed E-state index contributed by atoms with van der Waals surface area (Å²) in [7, 11) is 0. The molecule has 5 nitrogen and oxygen atoms in total. The number of carbonyl (C=O) groups excluding carboxylic acids is 1. The number of benzene rings is 1. The molecule has 0 saturated heterocycles. The van der Waals surface area contributed by atoms with Crippen LogP contribution in [-0.4, -0.2) is 17.1 Å². The molecule has 1 aromatic carbocycles. The van der Waals surface area contributed by atoms with Gasteiger partial charge in [0.15, 0.2) is 0 Å². The van der Waals surface area contributed by atoms with Crippen molar-refractivity contribution in [1.29, 1.82) is 0 Å². The molecule has 0 aliphatic carbocycles. The quantitative estimate of drug-likeness (QED) is 0.867. The van der Waals surface area contributed by atoms with Gasteiger partial charge in [-0.25, -0.2) is 0 Å². The highest BCUT2D eigenvalue weighted by atomic mass is 19.4. The van der Waals surface area contributed by atoms with Gasteiger partial charge < -0.3 is 14.6 Å². The van der Waals surface area contributed by atoms with Crippen LogP contribution in [0.25, 0.3) is 0 Å². The number of amides is 1. The van der Waals surface area contributed by atoms with Crippen molar-refractivity contribution in [2.75, 3.05) is 6.61 Å². The summed E-state index contributed by atoms with van der Waals surface area (Å²) in [4.78, 5) is 23.8. The molecule has 8 heteroatoms. The minimum atomic E-state index is -4.76. The second-order valence-corrected chi connectivity index (χ2v) is 5.17. The van der Waals surface area contributed by atoms with Gasteiger partial charge in [-0.1, -0.05) is 18.2 Å². The Labute approximate surface area is 142 Å². The van der Waals surface area contributed by atoms with Crippen molar-refractivity contribution in [3.8, 4) is 5.75 Å². The molecule has 0 aliphatic heterocycles. The van der Waals surface area contributed by atoms with E-state index in [4.69, 9.17) is 4.74 Å². The first-order chi connectivity index (χ1) is 11.8. The molecule has 2 aromatic rings. The lowest BCUT2D eigenvalue weighted by Gasteiger charge is -2.12. The summed E-state index contributed by atoms with van der Waals surface area (Å²) >= 11 is 0. The van der Waals surface area contributed by atoms with Crippen molar-refractivity contribution in [2.24, 2.45) is 0 Å². The standard InChI is InChI=1S/C17H17F3N2O3/c1-2-25-14-8-4-3-6-12(14)10-21-15(23)11-22-9-5-7-13(16(22)24)17(18,19)20/h3-9H,2,10-11H2,1H3,(H,21,23). The summed E-state index contributed by atoms with van der Waals surface area (Å²) in [5, 5.41) is 2.57. The van der Waals surface area contributed by atoms with E-state index in [0.29, 0.717) is 18.4 Å². The van der Waals surface area contributed by atoms with Crippen LogP contribution in [-0.2, 0) is 24.1 Å². The Morgan fingerprint density at radius 1 is 1.20 bits per heavy atom. The van der Waals surface area contributed by atoms with Gasteiger partial charge in [0.25, 0.3) is 5.56 Å². The largest absolute Gasteiger partial charge is 0.494 e. The fraction of sp³-hybridized carbons (Fsp3) is 0.294. The lowest BCUT2D eigenvalue weighted by Crippen LogP contribution is -2.34. The fourth-order valence-corrected chi connectivity index (χ4v) is 2.23. The first-order valence-electron chi connectivity index (χ1n) is 7.57. The number of para-hydroxylation sites is 1. The van der Waals surface area contributed by atoms with Crippen LogP contribution in [0.2, 0.25) is 0 Å². The number of ether oxygens (including phenoxy) is 1. The van der Waals surface area contributed by atoms with Gasteiger partial charge in [-0.3, -0.25) is 9.59 Å². The van der Waals surface area contributed by atoms with Crippen LogP contribution in [0.4, 0.5) is 13.2 Å². The highest BCUT2D eigenvalue weighted by Gasteiger charge is 2.34. The number of halogens is 3. The topological polar surface area (TPSA) is 60.3 Å². The third kappa shape index (κ3) is 4.85. The average molecular weight is 354 g/mol. The normalized spacial score (nSPS) is 11.2. The lowest BCUT2D eigenvalue weighted by molar-refractivity contribution is -0.139. The van der Waals surface area contributed by atoms with Crippen molar-refractivity contribution in [1.82, 2.24) is 9.88 Å². The Bertz CT molecular complexity index is 800. The molecular weight excluding hydrogens is 337 g/mol. The van der Waals surface area contributed by atoms with E-state index in [1.54, 1.807) is 24.3 Å². The maximum Gasteiger partial charge on any atom is 0.421 e. The molecule has 0 bridgehead atoms. The van der Waals surface area contributed by atoms with Gasteiger partial charge in [0.1, 0.15) is 17.9 Å². The molecule has 2 rings (SSSR count). The van der Waals surface area contributed by atoms with Crippen molar-refractivity contribution in [3.63, 3.8) is 0 Å². The zero-order valence-corrected chi connectivity index (χ0v) is 13.5. The predicted molar refractivity (Wildman–Crippen MR) is 85.2 cm³/mol. The SMILES string of the molecule is CCOc1ccccc1CNC(=O)Cn1cccc(C(F)(F)F)c1=O. The molecule has 0 spiro atoms. The van der Waals surface area contributed by atoms with Crippen LogP contribution in [0, 0.1) is 0 Å². The van der Waals surface area contributed by atoms with Gasteiger partial charge >= 0.3 is 6.18 Å². The number of alkyl halides is 3. The maximum atomic E-state index is 12.7. The maximum absolute atomic E-state index is 12.7. The van der Waals surface area contributed by atoms with E-state index in [2.05, 4.69) is 5.32 Å². The van der Waals surface area contributed by atoms with Gasteiger partial charge in [0.2, 0.25) is 5.91 Å². The highest BCUT2D eigenvalue weighted by Crippen LogP contribution is 2.25. The van der Waals surface area contributed by atoms with Crippen molar-refractivity contribution >= 4 is 5.91 Å². The van der Waals surface area contributed by atoms with Gasteiger partial charge in [-0.2, -0.15) is 13.2 Å². The van der Waals surface area contributed by atoms with E-state index < -0.39 is 29.8 Å². The molecule has 1 aromatic heterocycles. The van der Waals surface area contributed by atoms with Crippen LogP contribution >= 0.6 is 0 Å². The molecule has 134 valence electrons. The Kier molecular flexibility index (Phi) is 5.84. The van der Waals surface area contributed by atoms with Gasteiger partial charge in [0.05, 0.1) is 6.61 Å². The molecule has 0 atom stereocenters. The molecule has 25 heavy (non-hydrogen) atoms. The zero-order chi connectivity index (χ0) is 18.4. The van der Waals surface area contributed by atoms with E-state index in [1.807, 2.05) is 6.92 Å². The van der Waals surface area contributed by atoms with E-state index in [-0.39, 0.29) is 6.54 Å². The highest BCUT2D eigenvalue weighted by molar-refractivity contribution is 5.75. The third-order valence-electron chi connectivity index (χ3n) is 3.39. The van der Waals surface area contributed by atoms with Crippen molar-refractivity contribution in [3.05, 3.63) is 64.1 Å². The Morgan fingerprint density at radius 3 is 2.60 bits per heavy atom. The Hall–Kier alpha value is -2.77. The number of rotatable bonds is 6. The number of nitrogens with one attached hydrogen (secondary N) is 1. The van der Waals surface area contributed by atoms with Crippen LogP contribution in [0.3, 0.4) is 0 Å². The third-order valence-corrected chi connectivity index (χ3v) is 3.39. The molecule has 0 fully saturated rings. The summed E-state index contributed by atoms with van der Waals surface area (Å²) in [5.41, 5.74) is -1.82. The summed E-state index contributed by atoms with van der Waals surface area (Å²) in [5.74, 6) is 0.0364. The minimum Gasteiger partial charge on any atom is -0.494 e. The van der Waals surface area contributed by atoms with Crippen molar-refractivity contribution < 1.29 is 22.7 Å². The van der Waals surface area contributed by atoms with E-state index in [9.17, 15) is 22.8 Å². The Balaban J connectivity index is 2.06. The van der Waals surface area contributed by atoms with Crippen LogP contribution in [0.1, 0.15) is 18.1 Å². The second kappa shape index (κ2) is 7.87. The number of hydrogen-bond donors (Lipinski definition) is 1. The summed E-state index contributed by atoms with van der Waals surface area (Å²) in [6.07, 6.45) is -3.61. The van der Waals surface area contributed by atoms with Gasteiger partial charge in [-0.05, 0) is 25.1 Å². The summed E-state index contributed by atoms with van der Waals surface area (Å²) in [6.45, 7) is 1.93. The molecule has 1 N–H and O–H groups in total. The van der Waals surface area contributed by atoms with E-state index >= 15 is 0 Å². The molecule has 1 amide bonds. The molecule has 0 radical (unpaired) electrons. The fourth-order valence-electron chi connectivity index (χ4n) is 2.23. The molecule has 0 unspecified atom stereocenters. The van der Waals surface area contributed by atoms with Crippen LogP contribution in [0.5, 0.6) is 5.75 Å². The van der Waals surface area contributed by atoms with Crippen LogP contribution < -0.4 is 15.6 Å². The molecule has 1 heterocycles. The molecule has 0 saturated carbocycles. The van der Waals surface area contributed by atoms with E-state index in [1.165, 1.54) is 0 Å².